The number of nitrogens with one attached hydrogen (secondary N) is 1. The van der Waals surface area contributed by atoms with E-state index in [1.807, 2.05) is 0 Å². The first-order valence-electron chi connectivity index (χ1n) is 6.17. The first kappa shape index (κ1) is 16.1. The molecule has 0 aliphatic rings. The van der Waals surface area contributed by atoms with Gasteiger partial charge in [0.15, 0.2) is 6.61 Å². The van der Waals surface area contributed by atoms with Crippen molar-refractivity contribution in [2.75, 3.05) is 11.9 Å². The Bertz CT molecular complexity index is 701. The van der Waals surface area contributed by atoms with Gasteiger partial charge in [0.25, 0.3) is 5.91 Å². The van der Waals surface area contributed by atoms with Gasteiger partial charge in [0.05, 0.1) is 10.6 Å². The minimum absolute atomic E-state index is 0.0851. The van der Waals surface area contributed by atoms with E-state index < -0.39 is 11.9 Å². The summed E-state index contributed by atoms with van der Waals surface area (Å²) < 4.78 is 5.28. The molecule has 0 bridgehead atoms. The maximum Gasteiger partial charge on any atom is 0.337 e. The van der Waals surface area contributed by atoms with Crippen molar-refractivity contribution in [2.24, 2.45) is 0 Å². The number of carboxylic acid groups (broad SMARTS) is 1. The Morgan fingerprint density at radius 1 is 1.09 bits per heavy atom. The van der Waals surface area contributed by atoms with Crippen LogP contribution < -0.4 is 10.1 Å². The average molecular weight is 340 g/mol. The van der Waals surface area contributed by atoms with Crippen LogP contribution in [-0.4, -0.2) is 23.6 Å². The summed E-state index contributed by atoms with van der Waals surface area (Å²) in [5, 5.41) is 12.2. The number of carboxylic acids is 1. The Hall–Kier alpha value is -2.24. The normalized spacial score (nSPS) is 10.1. The molecule has 0 heterocycles. The van der Waals surface area contributed by atoms with Gasteiger partial charge in [-0.2, -0.15) is 0 Å². The lowest BCUT2D eigenvalue weighted by atomic mass is 10.2. The third kappa shape index (κ3) is 4.38. The molecule has 114 valence electrons. The van der Waals surface area contributed by atoms with Crippen molar-refractivity contribution in [3.8, 4) is 5.75 Å². The lowest BCUT2D eigenvalue weighted by Crippen LogP contribution is -2.20. The van der Waals surface area contributed by atoms with Crippen molar-refractivity contribution >= 4 is 40.8 Å². The smallest absolute Gasteiger partial charge is 0.337 e. The summed E-state index contributed by atoms with van der Waals surface area (Å²) in [7, 11) is 0. The molecule has 0 atom stereocenters. The number of ether oxygens (including phenoxy) is 1. The van der Waals surface area contributed by atoms with E-state index in [-0.39, 0.29) is 17.2 Å². The molecule has 0 fully saturated rings. The predicted octanol–water partition coefficient (Wildman–Crippen LogP) is 3.71. The molecule has 2 aromatic rings. The van der Waals surface area contributed by atoms with Crippen LogP contribution in [-0.2, 0) is 4.79 Å². The van der Waals surface area contributed by atoms with Gasteiger partial charge in [-0.1, -0.05) is 23.2 Å². The van der Waals surface area contributed by atoms with E-state index in [0.717, 1.165) is 0 Å². The summed E-state index contributed by atoms with van der Waals surface area (Å²) in [6, 6.07) is 10.8. The quantitative estimate of drug-likeness (QED) is 0.870. The molecular formula is C15H11Cl2NO4. The van der Waals surface area contributed by atoms with Crippen molar-refractivity contribution in [3.05, 3.63) is 58.1 Å². The number of benzene rings is 2. The van der Waals surface area contributed by atoms with Crippen molar-refractivity contribution in [2.45, 2.75) is 0 Å². The van der Waals surface area contributed by atoms with Crippen LogP contribution in [0.25, 0.3) is 0 Å². The molecule has 5 nitrogen and oxygen atoms in total. The molecule has 22 heavy (non-hydrogen) atoms. The second-order valence-electron chi connectivity index (χ2n) is 4.29. The van der Waals surface area contributed by atoms with Gasteiger partial charge in [-0.15, -0.1) is 0 Å². The van der Waals surface area contributed by atoms with Crippen LogP contribution in [0.4, 0.5) is 5.69 Å². The third-order valence-corrected chi connectivity index (χ3v) is 3.25. The van der Waals surface area contributed by atoms with Crippen molar-refractivity contribution in [3.63, 3.8) is 0 Å². The van der Waals surface area contributed by atoms with Gasteiger partial charge < -0.3 is 15.2 Å². The molecule has 2 N–H and O–H groups in total. The number of hydrogen-bond acceptors (Lipinski definition) is 3. The van der Waals surface area contributed by atoms with Crippen molar-refractivity contribution in [1.82, 2.24) is 0 Å². The topological polar surface area (TPSA) is 75.6 Å². The summed E-state index contributed by atoms with van der Waals surface area (Å²) >= 11 is 11.5. The van der Waals surface area contributed by atoms with Gasteiger partial charge in [-0.05, 0) is 42.5 Å². The number of halogens is 2. The fourth-order valence-electron chi connectivity index (χ4n) is 1.64. The minimum Gasteiger partial charge on any atom is -0.484 e. The molecule has 0 aromatic heterocycles. The zero-order chi connectivity index (χ0) is 16.1. The highest BCUT2D eigenvalue weighted by molar-refractivity contribution is 6.33. The van der Waals surface area contributed by atoms with Crippen LogP contribution in [0, 0.1) is 0 Å². The highest BCUT2D eigenvalue weighted by Crippen LogP contribution is 2.20. The first-order chi connectivity index (χ1) is 10.5. The highest BCUT2D eigenvalue weighted by atomic mass is 35.5. The van der Waals surface area contributed by atoms with Crippen LogP contribution in [0.5, 0.6) is 5.75 Å². The zero-order valence-corrected chi connectivity index (χ0v) is 12.7. The second kappa shape index (κ2) is 7.15. The van der Waals surface area contributed by atoms with Crippen molar-refractivity contribution < 1.29 is 19.4 Å². The predicted molar refractivity (Wildman–Crippen MR) is 84.0 cm³/mol. The molecule has 0 radical (unpaired) electrons. The van der Waals surface area contributed by atoms with E-state index in [2.05, 4.69) is 5.32 Å². The Kier molecular flexibility index (Phi) is 5.25. The van der Waals surface area contributed by atoms with Crippen LogP contribution in [0.15, 0.2) is 42.5 Å². The van der Waals surface area contributed by atoms with Gasteiger partial charge >= 0.3 is 5.97 Å². The second-order valence-corrected chi connectivity index (χ2v) is 5.13. The lowest BCUT2D eigenvalue weighted by molar-refractivity contribution is -0.118. The zero-order valence-electron chi connectivity index (χ0n) is 11.2. The van der Waals surface area contributed by atoms with E-state index in [9.17, 15) is 9.59 Å². The lowest BCUT2D eigenvalue weighted by Gasteiger charge is -2.08. The average Bonchev–Trinajstić information content (AvgIpc) is 2.48. The standard InChI is InChI=1S/C15H11Cl2NO4/c16-9-1-4-11(5-2-9)22-8-14(19)18-10-3-6-13(17)12(7-10)15(20)21/h1-7H,8H2,(H,18,19)(H,20,21). The SMILES string of the molecule is O=C(COc1ccc(Cl)cc1)Nc1ccc(Cl)c(C(=O)O)c1. The van der Waals surface area contributed by atoms with Gasteiger partial charge in [0.2, 0.25) is 0 Å². The van der Waals surface area contributed by atoms with Crippen LogP contribution in [0.2, 0.25) is 10.0 Å². The van der Waals surface area contributed by atoms with Crippen LogP contribution >= 0.6 is 23.2 Å². The first-order valence-corrected chi connectivity index (χ1v) is 6.92. The fraction of sp³-hybridized carbons (Fsp3) is 0.0667. The molecule has 0 unspecified atom stereocenters. The molecular weight excluding hydrogens is 329 g/mol. The van der Waals surface area contributed by atoms with E-state index in [1.54, 1.807) is 24.3 Å². The summed E-state index contributed by atoms with van der Waals surface area (Å²) in [4.78, 5) is 22.7. The third-order valence-electron chi connectivity index (χ3n) is 2.66. The highest BCUT2D eigenvalue weighted by Gasteiger charge is 2.11. The molecule has 0 aliphatic carbocycles. The Morgan fingerprint density at radius 2 is 1.77 bits per heavy atom. The molecule has 1 amide bonds. The summed E-state index contributed by atoms with van der Waals surface area (Å²) in [5.74, 6) is -1.09. The number of aromatic carboxylic acids is 1. The van der Waals surface area contributed by atoms with Crippen LogP contribution in [0.1, 0.15) is 10.4 Å². The van der Waals surface area contributed by atoms with Gasteiger partial charge in [0.1, 0.15) is 5.75 Å². The molecule has 0 saturated heterocycles. The van der Waals surface area contributed by atoms with E-state index in [0.29, 0.717) is 16.5 Å². The van der Waals surface area contributed by atoms with E-state index in [4.69, 9.17) is 33.0 Å². The number of anilines is 1. The number of amides is 1. The number of hydrogen-bond donors (Lipinski definition) is 2. The van der Waals surface area contributed by atoms with Crippen molar-refractivity contribution in [1.29, 1.82) is 0 Å². The molecule has 7 heteroatoms. The summed E-state index contributed by atoms with van der Waals surface area (Å²) in [6.45, 7) is -0.216. The summed E-state index contributed by atoms with van der Waals surface area (Å²) in [6.07, 6.45) is 0. The molecule has 0 saturated carbocycles. The maximum absolute atomic E-state index is 11.8. The number of carbonyl (C=O) groups excluding carboxylic acids is 1. The van der Waals surface area contributed by atoms with Gasteiger partial charge in [-0.25, -0.2) is 4.79 Å². The number of rotatable bonds is 5. The molecule has 0 aliphatic heterocycles. The van der Waals surface area contributed by atoms with Gasteiger partial charge in [-0.3, -0.25) is 4.79 Å². The largest absolute Gasteiger partial charge is 0.484 e. The van der Waals surface area contributed by atoms with Gasteiger partial charge in [0, 0.05) is 10.7 Å². The Morgan fingerprint density at radius 3 is 2.41 bits per heavy atom. The molecule has 2 rings (SSSR count). The molecule has 2 aromatic carbocycles. The Labute approximate surface area is 136 Å². The minimum atomic E-state index is -1.17. The van der Waals surface area contributed by atoms with Crippen LogP contribution in [0.3, 0.4) is 0 Å². The summed E-state index contributed by atoms with van der Waals surface area (Å²) in [5.41, 5.74) is 0.240. The maximum atomic E-state index is 11.8. The number of carbonyl (C=O) groups is 2. The molecule has 0 spiro atoms. The fourth-order valence-corrected chi connectivity index (χ4v) is 1.97. The van der Waals surface area contributed by atoms with E-state index in [1.165, 1.54) is 18.2 Å². The van der Waals surface area contributed by atoms with E-state index >= 15 is 0 Å². The monoisotopic (exact) mass is 339 g/mol. The Balaban J connectivity index is 1.96.